The van der Waals surface area contributed by atoms with Crippen LogP contribution in [0.3, 0.4) is 0 Å². The smallest absolute Gasteiger partial charge is 0.270 e. The van der Waals surface area contributed by atoms with Crippen molar-refractivity contribution in [2.24, 2.45) is 0 Å². The van der Waals surface area contributed by atoms with Gasteiger partial charge in [-0.15, -0.1) is 0 Å². The molecule has 1 aliphatic carbocycles. The summed E-state index contributed by atoms with van der Waals surface area (Å²) in [4.78, 5) is 20.8. The molecule has 1 heterocycles. The molecule has 2 aromatic rings. The Morgan fingerprint density at radius 3 is 2.58 bits per heavy atom. The van der Waals surface area contributed by atoms with E-state index in [1.165, 1.54) is 19.3 Å². The van der Waals surface area contributed by atoms with Gasteiger partial charge in [-0.1, -0.05) is 19.3 Å². The van der Waals surface area contributed by atoms with E-state index in [2.05, 4.69) is 20.6 Å². The fraction of sp³-hybridized carbons (Fsp3) is 0.389. The monoisotopic (exact) mass is 326 g/mol. The Morgan fingerprint density at radius 2 is 1.88 bits per heavy atom. The number of anilines is 2. The van der Waals surface area contributed by atoms with Crippen molar-refractivity contribution in [2.45, 2.75) is 38.1 Å². The number of methoxy groups -OCH3 is 1. The van der Waals surface area contributed by atoms with Gasteiger partial charge in [0.25, 0.3) is 5.91 Å². The van der Waals surface area contributed by atoms with Crippen LogP contribution in [0.2, 0.25) is 0 Å². The zero-order chi connectivity index (χ0) is 16.8. The van der Waals surface area contributed by atoms with Crippen LogP contribution in [0.25, 0.3) is 0 Å². The van der Waals surface area contributed by atoms with Gasteiger partial charge in [-0.2, -0.15) is 0 Å². The quantitative estimate of drug-likeness (QED) is 0.882. The van der Waals surface area contributed by atoms with E-state index < -0.39 is 0 Å². The molecular formula is C18H22N4O2. The summed E-state index contributed by atoms with van der Waals surface area (Å²) < 4.78 is 5.13. The van der Waals surface area contributed by atoms with E-state index in [-0.39, 0.29) is 11.9 Å². The minimum Gasteiger partial charge on any atom is -0.497 e. The molecule has 1 aliphatic rings. The van der Waals surface area contributed by atoms with E-state index in [0.29, 0.717) is 11.6 Å². The molecule has 0 unspecified atom stereocenters. The molecule has 6 nitrogen and oxygen atoms in total. The van der Waals surface area contributed by atoms with E-state index in [4.69, 9.17) is 4.74 Å². The second-order valence-electron chi connectivity index (χ2n) is 5.93. The van der Waals surface area contributed by atoms with Crippen LogP contribution in [0.15, 0.2) is 36.5 Å². The predicted octanol–water partition coefficient (Wildman–Crippen LogP) is 3.29. The summed E-state index contributed by atoms with van der Waals surface area (Å²) in [7, 11) is 1.62. The molecule has 6 heteroatoms. The third kappa shape index (κ3) is 4.22. The Bertz CT molecular complexity index is 682. The standard InChI is InChI=1S/C18H22N4O2/c1-24-15-9-7-14(8-10-15)21-18-19-12-11-16(22-18)17(23)20-13-5-3-2-4-6-13/h7-13H,2-6H2,1H3,(H,20,23)(H,19,21,22). The van der Waals surface area contributed by atoms with E-state index >= 15 is 0 Å². The molecule has 24 heavy (non-hydrogen) atoms. The van der Waals surface area contributed by atoms with Gasteiger partial charge in [0.15, 0.2) is 0 Å². The van der Waals surface area contributed by atoms with Crippen LogP contribution < -0.4 is 15.4 Å². The number of aromatic nitrogens is 2. The normalized spacial score (nSPS) is 14.9. The lowest BCUT2D eigenvalue weighted by Crippen LogP contribution is -2.36. The first-order chi connectivity index (χ1) is 11.7. The Hall–Kier alpha value is -2.63. The maximum absolute atomic E-state index is 12.4. The largest absolute Gasteiger partial charge is 0.497 e. The van der Waals surface area contributed by atoms with Crippen molar-refractivity contribution >= 4 is 17.5 Å². The van der Waals surface area contributed by atoms with Crippen molar-refractivity contribution in [3.63, 3.8) is 0 Å². The second kappa shape index (κ2) is 7.77. The van der Waals surface area contributed by atoms with Crippen LogP contribution in [-0.4, -0.2) is 29.0 Å². The molecular weight excluding hydrogens is 304 g/mol. The highest BCUT2D eigenvalue weighted by molar-refractivity contribution is 5.92. The van der Waals surface area contributed by atoms with Gasteiger partial charge in [-0.3, -0.25) is 4.79 Å². The molecule has 0 atom stereocenters. The zero-order valence-electron chi connectivity index (χ0n) is 13.8. The number of nitrogens with one attached hydrogen (secondary N) is 2. The Balaban J connectivity index is 1.65. The first-order valence-electron chi connectivity index (χ1n) is 8.29. The van der Waals surface area contributed by atoms with E-state index in [1.807, 2.05) is 24.3 Å². The van der Waals surface area contributed by atoms with Crippen LogP contribution in [0, 0.1) is 0 Å². The van der Waals surface area contributed by atoms with Crippen molar-refractivity contribution in [3.05, 3.63) is 42.2 Å². The molecule has 0 aliphatic heterocycles. The first kappa shape index (κ1) is 16.2. The summed E-state index contributed by atoms with van der Waals surface area (Å²) in [5.74, 6) is 1.04. The van der Waals surface area contributed by atoms with Crippen LogP contribution in [0.4, 0.5) is 11.6 Å². The number of ether oxygens (including phenoxy) is 1. The number of carbonyl (C=O) groups excluding carboxylic acids is 1. The summed E-state index contributed by atoms with van der Waals surface area (Å²) in [6.07, 6.45) is 7.31. The molecule has 0 radical (unpaired) electrons. The summed E-state index contributed by atoms with van der Waals surface area (Å²) in [6, 6.07) is 9.34. The van der Waals surface area contributed by atoms with Crippen molar-refractivity contribution in [2.75, 3.05) is 12.4 Å². The van der Waals surface area contributed by atoms with Crippen LogP contribution in [-0.2, 0) is 0 Å². The van der Waals surface area contributed by atoms with Crippen molar-refractivity contribution in [1.29, 1.82) is 0 Å². The Labute approximate surface area is 141 Å². The maximum Gasteiger partial charge on any atom is 0.270 e. The predicted molar refractivity (Wildman–Crippen MR) is 92.6 cm³/mol. The summed E-state index contributed by atoms with van der Waals surface area (Å²) in [5, 5.41) is 6.16. The molecule has 1 saturated carbocycles. The molecule has 1 aromatic carbocycles. The molecule has 0 spiro atoms. The minimum absolute atomic E-state index is 0.137. The average molecular weight is 326 g/mol. The first-order valence-corrected chi connectivity index (χ1v) is 8.29. The van der Waals surface area contributed by atoms with E-state index in [1.54, 1.807) is 19.4 Å². The molecule has 1 amide bonds. The van der Waals surface area contributed by atoms with Gasteiger partial charge in [0.2, 0.25) is 5.95 Å². The minimum atomic E-state index is -0.137. The molecule has 0 saturated heterocycles. The maximum atomic E-state index is 12.4. The average Bonchev–Trinajstić information content (AvgIpc) is 2.63. The van der Waals surface area contributed by atoms with Crippen LogP contribution in [0.5, 0.6) is 5.75 Å². The van der Waals surface area contributed by atoms with Gasteiger partial charge in [-0.05, 0) is 43.2 Å². The van der Waals surface area contributed by atoms with Gasteiger partial charge >= 0.3 is 0 Å². The number of hydrogen-bond donors (Lipinski definition) is 2. The molecule has 1 fully saturated rings. The SMILES string of the molecule is COc1ccc(Nc2nccc(C(=O)NC3CCCCC3)n2)cc1. The van der Waals surface area contributed by atoms with E-state index in [0.717, 1.165) is 24.3 Å². The van der Waals surface area contributed by atoms with Crippen LogP contribution >= 0.6 is 0 Å². The highest BCUT2D eigenvalue weighted by Crippen LogP contribution is 2.19. The third-order valence-corrected chi connectivity index (χ3v) is 4.17. The fourth-order valence-electron chi connectivity index (χ4n) is 2.86. The number of hydrogen-bond acceptors (Lipinski definition) is 5. The molecule has 2 N–H and O–H groups in total. The number of carbonyl (C=O) groups is 1. The third-order valence-electron chi connectivity index (χ3n) is 4.17. The Morgan fingerprint density at radius 1 is 1.12 bits per heavy atom. The van der Waals surface area contributed by atoms with E-state index in [9.17, 15) is 4.79 Å². The van der Waals surface area contributed by atoms with Gasteiger partial charge < -0.3 is 15.4 Å². The summed E-state index contributed by atoms with van der Waals surface area (Å²) in [6.45, 7) is 0. The molecule has 126 valence electrons. The van der Waals surface area contributed by atoms with Crippen molar-refractivity contribution in [1.82, 2.24) is 15.3 Å². The van der Waals surface area contributed by atoms with Crippen LogP contribution in [0.1, 0.15) is 42.6 Å². The van der Waals surface area contributed by atoms with Gasteiger partial charge in [0, 0.05) is 17.9 Å². The fourth-order valence-corrected chi connectivity index (χ4v) is 2.86. The molecule has 0 bridgehead atoms. The number of benzene rings is 1. The highest BCUT2D eigenvalue weighted by atomic mass is 16.5. The lowest BCUT2D eigenvalue weighted by atomic mass is 9.95. The van der Waals surface area contributed by atoms with Gasteiger partial charge in [-0.25, -0.2) is 9.97 Å². The molecule has 3 rings (SSSR count). The summed E-state index contributed by atoms with van der Waals surface area (Å²) >= 11 is 0. The Kier molecular flexibility index (Phi) is 5.25. The number of rotatable bonds is 5. The number of nitrogens with zero attached hydrogens (tertiary/aromatic N) is 2. The lowest BCUT2D eigenvalue weighted by Gasteiger charge is -2.22. The van der Waals surface area contributed by atoms with Crippen molar-refractivity contribution < 1.29 is 9.53 Å². The van der Waals surface area contributed by atoms with Gasteiger partial charge in [0.1, 0.15) is 11.4 Å². The molecule has 1 aromatic heterocycles. The summed E-state index contributed by atoms with van der Waals surface area (Å²) in [5.41, 5.74) is 1.22. The number of amides is 1. The zero-order valence-corrected chi connectivity index (χ0v) is 13.8. The second-order valence-corrected chi connectivity index (χ2v) is 5.93. The highest BCUT2D eigenvalue weighted by Gasteiger charge is 2.17. The topological polar surface area (TPSA) is 76.1 Å². The van der Waals surface area contributed by atoms with Crippen molar-refractivity contribution in [3.8, 4) is 5.75 Å². The van der Waals surface area contributed by atoms with Gasteiger partial charge in [0.05, 0.1) is 7.11 Å². The lowest BCUT2D eigenvalue weighted by molar-refractivity contribution is 0.0922.